The second kappa shape index (κ2) is 8.15. The lowest BCUT2D eigenvalue weighted by Crippen LogP contribution is -2.24. The second-order valence-corrected chi connectivity index (χ2v) is 6.18. The lowest BCUT2D eigenvalue weighted by atomic mass is 10.0. The molecule has 4 heteroatoms. The van der Waals surface area contributed by atoms with E-state index in [1.165, 1.54) is 17.5 Å². The van der Waals surface area contributed by atoms with Gasteiger partial charge < -0.3 is 15.5 Å². The molecule has 2 rings (SSSR count). The van der Waals surface area contributed by atoms with Gasteiger partial charge in [-0.05, 0) is 57.1 Å². The van der Waals surface area contributed by atoms with Crippen molar-refractivity contribution >= 4 is 5.91 Å². The average Bonchev–Trinajstić information content (AvgIpc) is 2.97. The van der Waals surface area contributed by atoms with Crippen molar-refractivity contribution in [2.45, 2.75) is 32.4 Å². The summed E-state index contributed by atoms with van der Waals surface area (Å²) in [6.07, 6.45) is 2.85. The Kier molecular flexibility index (Phi) is 6.21. The van der Waals surface area contributed by atoms with Crippen molar-refractivity contribution in [3.05, 3.63) is 35.4 Å². The molecule has 1 heterocycles. The molecule has 116 valence electrons. The molecule has 1 atom stereocenters. The lowest BCUT2D eigenvalue weighted by molar-refractivity contribution is -0.121. The maximum absolute atomic E-state index is 12.0. The molecule has 2 N–H and O–H groups in total. The van der Waals surface area contributed by atoms with Crippen LogP contribution >= 0.6 is 0 Å². The van der Waals surface area contributed by atoms with Gasteiger partial charge in [0.15, 0.2) is 0 Å². The van der Waals surface area contributed by atoms with Crippen molar-refractivity contribution < 1.29 is 4.79 Å². The van der Waals surface area contributed by atoms with Crippen LogP contribution in [0.1, 0.15) is 30.4 Å². The van der Waals surface area contributed by atoms with E-state index in [4.69, 9.17) is 0 Å². The molecular weight excluding hydrogens is 262 g/mol. The van der Waals surface area contributed by atoms with Gasteiger partial charge in [-0.15, -0.1) is 0 Å². The highest BCUT2D eigenvalue weighted by atomic mass is 16.1. The molecule has 1 saturated heterocycles. The van der Waals surface area contributed by atoms with Crippen LogP contribution in [0, 0.1) is 5.92 Å². The largest absolute Gasteiger partial charge is 0.352 e. The van der Waals surface area contributed by atoms with E-state index in [0.717, 1.165) is 26.1 Å². The minimum atomic E-state index is 0.168. The normalized spacial score (nSPS) is 18.1. The van der Waals surface area contributed by atoms with Crippen LogP contribution in [-0.2, 0) is 17.9 Å². The Balaban J connectivity index is 1.77. The van der Waals surface area contributed by atoms with Gasteiger partial charge in [-0.2, -0.15) is 0 Å². The number of rotatable bonds is 7. The van der Waals surface area contributed by atoms with Crippen LogP contribution in [-0.4, -0.2) is 38.0 Å². The smallest absolute Gasteiger partial charge is 0.220 e. The molecule has 1 aliphatic rings. The van der Waals surface area contributed by atoms with Crippen molar-refractivity contribution in [3.63, 3.8) is 0 Å². The van der Waals surface area contributed by atoms with Crippen LogP contribution in [0.5, 0.6) is 0 Å². The van der Waals surface area contributed by atoms with Gasteiger partial charge in [-0.25, -0.2) is 0 Å². The van der Waals surface area contributed by atoms with Crippen molar-refractivity contribution in [1.29, 1.82) is 0 Å². The number of benzene rings is 1. The first-order valence-electron chi connectivity index (χ1n) is 7.84. The molecule has 0 bridgehead atoms. The summed E-state index contributed by atoms with van der Waals surface area (Å²) in [5, 5.41) is 6.40. The van der Waals surface area contributed by atoms with Gasteiger partial charge in [0.2, 0.25) is 5.91 Å². The highest BCUT2D eigenvalue weighted by Crippen LogP contribution is 2.14. The molecule has 21 heavy (non-hydrogen) atoms. The van der Waals surface area contributed by atoms with Gasteiger partial charge in [0.25, 0.3) is 0 Å². The Morgan fingerprint density at radius 3 is 2.76 bits per heavy atom. The number of carbonyl (C=O) groups excluding carboxylic acids is 1. The van der Waals surface area contributed by atoms with Crippen LogP contribution in [0.4, 0.5) is 0 Å². The third-order valence-corrected chi connectivity index (χ3v) is 4.02. The van der Waals surface area contributed by atoms with Crippen molar-refractivity contribution in [2.24, 2.45) is 5.92 Å². The third kappa shape index (κ3) is 5.48. The number of hydrogen-bond acceptors (Lipinski definition) is 3. The van der Waals surface area contributed by atoms with Gasteiger partial charge in [-0.1, -0.05) is 24.3 Å². The molecule has 0 spiro atoms. The Hall–Kier alpha value is -1.39. The second-order valence-electron chi connectivity index (χ2n) is 6.18. The van der Waals surface area contributed by atoms with Gasteiger partial charge in [0.1, 0.15) is 0 Å². The van der Waals surface area contributed by atoms with E-state index in [-0.39, 0.29) is 5.91 Å². The summed E-state index contributed by atoms with van der Waals surface area (Å²) in [6, 6.07) is 8.31. The Labute approximate surface area is 127 Å². The number of carbonyl (C=O) groups is 1. The zero-order valence-corrected chi connectivity index (χ0v) is 13.2. The first kappa shape index (κ1) is 16.0. The Morgan fingerprint density at radius 2 is 2.10 bits per heavy atom. The van der Waals surface area contributed by atoms with Crippen LogP contribution in [0.15, 0.2) is 24.3 Å². The van der Waals surface area contributed by atoms with Crippen LogP contribution in [0.25, 0.3) is 0 Å². The van der Waals surface area contributed by atoms with E-state index in [9.17, 15) is 4.79 Å². The molecule has 0 aliphatic carbocycles. The minimum absolute atomic E-state index is 0.168. The zero-order valence-electron chi connectivity index (χ0n) is 13.2. The fraction of sp³-hybridized carbons (Fsp3) is 0.588. The standard InChI is InChI=1S/C17H27N3O/c1-20(2)13-16-6-4-3-5-15(16)12-19-17(21)8-7-14-9-10-18-11-14/h3-6,14,18H,7-13H2,1-2H3,(H,19,21). The number of nitrogens with one attached hydrogen (secondary N) is 2. The maximum atomic E-state index is 12.0. The molecule has 0 saturated carbocycles. The van der Waals surface area contributed by atoms with Crippen molar-refractivity contribution in [3.8, 4) is 0 Å². The van der Waals surface area contributed by atoms with E-state index < -0.39 is 0 Å². The minimum Gasteiger partial charge on any atom is -0.352 e. The quantitative estimate of drug-likeness (QED) is 0.804. The first-order valence-corrected chi connectivity index (χ1v) is 7.84. The number of nitrogens with zero attached hydrogens (tertiary/aromatic N) is 1. The van der Waals surface area contributed by atoms with Gasteiger partial charge >= 0.3 is 0 Å². The molecule has 1 unspecified atom stereocenters. The molecule has 1 aliphatic heterocycles. The molecule has 1 amide bonds. The van der Waals surface area contributed by atoms with Crippen LogP contribution < -0.4 is 10.6 Å². The van der Waals surface area contributed by atoms with Gasteiger partial charge in [0.05, 0.1) is 0 Å². The molecule has 1 aromatic carbocycles. The Morgan fingerprint density at radius 1 is 1.33 bits per heavy atom. The molecule has 1 fully saturated rings. The topological polar surface area (TPSA) is 44.4 Å². The molecule has 0 aromatic heterocycles. The summed E-state index contributed by atoms with van der Waals surface area (Å²) in [4.78, 5) is 14.1. The van der Waals surface area contributed by atoms with Crippen LogP contribution in [0.3, 0.4) is 0 Å². The average molecular weight is 289 g/mol. The highest BCUT2D eigenvalue weighted by Gasteiger charge is 2.15. The lowest BCUT2D eigenvalue weighted by Gasteiger charge is -2.15. The first-order chi connectivity index (χ1) is 10.1. The monoisotopic (exact) mass is 289 g/mol. The summed E-state index contributed by atoms with van der Waals surface area (Å²) in [6.45, 7) is 3.70. The van der Waals surface area contributed by atoms with E-state index in [0.29, 0.717) is 18.9 Å². The van der Waals surface area contributed by atoms with Crippen LogP contribution in [0.2, 0.25) is 0 Å². The molecular formula is C17H27N3O. The highest BCUT2D eigenvalue weighted by molar-refractivity contribution is 5.75. The van der Waals surface area contributed by atoms with Crippen molar-refractivity contribution in [1.82, 2.24) is 15.5 Å². The maximum Gasteiger partial charge on any atom is 0.220 e. The zero-order chi connectivity index (χ0) is 15.1. The van der Waals surface area contributed by atoms with Gasteiger partial charge in [-0.3, -0.25) is 4.79 Å². The van der Waals surface area contributed by atoms with Crippen molar-refractivity contribution in [2.75, 3.05) is 27.2 Å². The summed E-state index contributed by atoms with van der Waals surface area (Å²) < 4.78 is 0. The van der Waals surface area contributed by atoms with E-state index in [1.54, 1.807) is 0 Å². The summed E-state index contributed by atoms with van der Waals surface area (Å²) in [5.41, 5.74) is 2.49. The molecule has 1 aromatic rings. The fourth-order valence-electron chi connectivity index (χ4n) is 2.80. The fourth-order valence-corrected chi connectivity index (χ4v) is 2.80. The predicted octanol–water partition coefficient (Wildman–Crippen LogP) is 1.75. The summed E-state index contributed by atoms with van der Waals surface area (Å²) >= 11 is 0. The number of hydrogen-bond donors (Lipinski definition) is 2. The molecule has 4 nitrogen and oxygen atoms in total. The SMILES string of the molecule is CN(C)Cc1ccccc1CNC(=O)CCC1CCNC1. The van der Waals surface area contributed by atoms with E-state index >= 15 is 0 Å². The van der Waals surface area contributed by atoms with E-state index in [1.807, 2.05) is 6.07 Å². The summed E-state index contributed by atoms with van der Waals surface area (Å²) in [7, 11) is 4.12. The van der Waals surface area contributed by atoms with Gasteiger partial charge in [0, 0.05) is 19.5 Å². The van der Waals surface area contributed by atoms with E-state index in [2.05, 4.69) is 47.8 Å². The summed E-state index contributed by atoms with van der Waals surface area (Å²) in [5.74, 6) is 0.846. The predicted molar refractivity (Wildman–Crippen MR) is 85.9 cm³/mol. The third-order valence-electron chi connectivity index (χ3n) is 4.02. The molecule has 0 radical (unpaired) electrons. The Bertz CT molecular complexity index is 453. The number of amides is 1.